The minimum absolute atomic E-state index is 0.314. The fourth-order valence-corrected chi connectivity index (χ4v) is 3.26. The molecule has 3 aromatic rings. The van der Waals surface area contributed by atoms with Crippen molar-refractivity contribution in [3.8, 4) is 0 Å². The Morgan fingerprint density at radius 1 is 1.38 bits per heavy atom. The number of fused-ring (bicyclic) bond motifs is 1. The molecule has 7 nitrogen and oxygen atoms in total. The number of carbonyl (C=O) groups excluding carboxylic acids is 1. The zero-order valence-electron chi connectivity index (χ0n) is 13.0. The second-order valence-corrected chi connectivity index (χ2v) is 6.24. The normalized spacial score (nSPS) is 12.2. The third-order valence-corrected chi connectivity index (χ3v) is 4.49. The van der Waals surface area contributed by atoms with E-state index in [1.54, 1.807) is 18.5 Å². The summed E-state index contributed by atoms with van der Waals surface area (Å²) < 4.78 is 2.30. The molecule has 0 bridgehead atoms. The summed E-state index contributed by atoms with van der Waals surface area (Å²) >= 11 is 1.51. The number of hydrogen-bond donors (Lipinski definition) is 2. The van der Waals surface area contributed by atoms with Gasteiger partial charge in [-0.05, 0) is 17.9 Å². The number of hydrogen-bond acceptors (Lipinski definition) is 5. The second-order valence-electron chi connectivity index (χ2n) is 5.30. The van der Waals surface area contributed by atoms with E-state index >= 15 is 0 Å². The van der Waals surface area contributed by atoms with Gasteiger partial charge < -0.3 is 10.4 Å². The molecule has 0 aliphatic rings. The Kier molecular flexibility index (Phi) is 4.57. The third kappa shape index (κ3) is 3.13. The van der Waals surface area contributed by atoms with Gasteiger partial charge in [-0.15, -0.1) is 11.3 Å². The standard InChI is InChI=1S/C16H16N4O3S/c1-2-3-12(16(22)23)20-6-4-14(19-20)18-15(21)11-8-17-9-13-10(11)5-7-24-13/h4-9,12H,2-3H2,1H3,(H,22,23)(H,18,19,21)/t12-/m0/s1. The molecule has 124 valence electrons. The summed E-state index contributed by atoms with van der Waals surface area (Å²) in [4.78, 5) is 27.8. The Hall–Kier alpha value is -2.74. The number of rotatable bonds is 6. The molecule has 1 amide bonds. The molecular formula is C16H16N4O3S. The lowest BCUT2D eigenvalue weighted by molar-refractivity contribution is -0.141. The summed E-state index contributed by atoms with van der Waals surface area (Å²) in [5, 5.41) is 18.9. The van der Waals surface area contributed by atoms with Gasteiger partial charge in [-0.25, -0.2) is 4.79 Å². The summed E-state index contributed by atoms with van der Waals surface area (Å²) in [7, 11) is 0. The molecule has 24 heavy (non-hydrogen) atoms. The molecule has 0 aliphatic heterocycles. The lowest BCUT2D eigenvalue weighted by Crippen LogP contribution is -2.20. The van der Waals surface area contributed by atoms with Crippen LogP contribution in [0.1, 0.15) is 36.2 Å². The van der Waals surface area contributed by atoms with Crippen molar-refractivity contribution in [3.63, 3.8) is 0 Å². The van der Waals surface area contributed by atoms with E-state index in [1.807, 2.05) is 18.4 Å². The van der Waals surface area contributed by atoms with E-state index in [0.717, 1.165) is 16.5 Å². The summed E-state index contributed by atoms with van der Waals surface area (Å²) in [5.41, 5.74) is 0.464. The Bertz CT molecular complexity index is 886. The maximum Gasteiger partial charge on any atom is 0.328 e. The number of carboxylic acid groups (broad SMARTS) is 1. The van der Waals surface area contributed by atoms with Crippen LogP contribution in [0, 0.1) is 0 Å². The molecule has 2 N–H and O–H groups in total. The average molecular weight is 344 g/mol. The van der Waals surface area contributed by atoms with Crippen LogP contribution in [0.3, 0.4) is 0 Å². The number of nitrogens with zero attached hydrogens (tertiary/aromatic N) is 3. The monoisotopic (exact) mass is 344 g/mol. The number of nitrogens with one attached hydrogen (secondary N) is 1. The van der Waals surface area contributed by atoms with Crippen LogP contribution in [0.2, 0.25) is 0 Å². The highest BCUT2D eigenvalue weighted by Crippen LogP contribution is 2.23. The van der Waals surface area contributed by atoms with Crippen LogP contribution >= 0.6 is 11.3 Å². The molecule has 3 rings (SSSR count). The van der Waals surface area contributed by atoms with E-state index in [1.165, 1.54) is 22.2 Å². The number of thiophene rings is 1. The van der Waals surface area contributed by atoms with Crippen molar-refractivity contribution in [2.75, 3.05) is 5.32 Å². The molecule has 0 aliphatic carbocycles. The molecule has 0 spiro atoms. The SMILES string of the molecule is CCC[C@@H](C(=O)O)n1ccc(NC(=O)c2cncc3sccc23)n1. The molecular weight excluding hydrogens is 328 g/mol. The third-order valence-electron chi connectivity index (χ3n) is 3.64. The highest BCUT2D eigenvalue weighted by Gasteiger charge is 2.20. The lowest BCUT2D eigenvalue weighted by Gasteiger charge is -2.11. The van der Waals surface area contributed by atoms with Crippen LogP contribution in [0.25, 0.3) is 10.1 Å². The maximum atomic E-state index is 12.5. The smallest absolute Gasteiger partial charge is 0.328 e. The van der Waals surface area contributed by atoms with Gasteiger partial charge >= 0.3 is 5.97 Å². The number of carbonyl (C=O) groups is 2. The number of aromatic nitrogens is 3. The van der Waals surface area contributed by atoms with Gasteiger partial charge in [0.25, 0.3) is 5.91 Å². The van der Waals surface area contributed by atoms with Gasteiger partial charge in [-0.1, -0.05) is 13.3 Å². The van der Waals surface area contributed by atoms with E-state index in [0.29, 0.717) is 17.8 Å². The van der Waals surface area contributed by atoms with E-state index < -0.39 is 12.0 Å². The first-order chi connectivity index (χ1) is 11.6. The minimum Gasteiger partial charge on any atom is -0.480 e. The predicted octanol–water partition coefficient (Wildman–Crippen LogP) is 3.17. The van der Waals surface area contributed by atoms with Gasteiger partial charge in [-0.2, -0.15) is 5.10 Å². The summed E-state index contributed by atoms with van der Waals surface area (Å²) in [5.74, 6) is -0.946. The molecule has 0 fully saturated rings. The van der Waals surface area contributed by atoms with Crippen molar-refractivity contribution in [1.82, 2.24) is 14.8 Å². The van der Waals surface area contributed by atoms with Crippen LogP contribution in [-0.4, -0.2) is 31.7 Å². The fraction of sp³-hybridized carbons (Fsp3) is 0.250. The van der Waals surface area contributed by atoms with Crippen molar-refractivity contribution in [3.05, 3.63) is 41.7 Å². The Morgan fingerprint density at radius 3 is 2.96 bits per heavy atom. The minimum atomic E-state index is -0.940. The maximum absolute atomic E-state index is 12.5. The molecule has 1 atom stereocenters. The van der Waals surface area contributed by atoms with Crippen LogP contribution in [0.15, 0.2) is 36.1 Å². The fourth-order valence-electron chi connectivity index (χ4n) is 2.48. The number of carboxylic acids is 1. The number of anilines is 1. The van der Waals surface area contributed by atoms with Gasteiger partial charge in [-0.3, -0.25) is 14.5 Å². The van der Waals surface area contributed by atoms with Gasteiger partial charge in [0, 0.05) is 30.0 Å². The van der Waals surface area contributed by atoms with Gasteiger partial charge in [0.1, 0.15) is 6.04 Å². The van der Waals surface area contributed by atoms with Crippen molar-refractivity contribution < 1.29 is 14.7 Å². The molecule has 0 saturated carbocycles. The molecule has 3 aromatic heterocycles. The van der Waals surface area contributed by atoms with Gasteiger partial charge in [0.15, 0.2) is 5.82 Å². The molecule has 0 saturated heterocycles. The summed E-state index contributed by atoms with van der Waals surface area (Å²) in [6.45, 7) is 1.91. The summed E-state index contributed by atoms with van der Waals surface area (Å²) in [6, 6.07) is 2.73. The summed E-state index contributed by atoms with van der Waals surface area (Å²) in [6.07, 6.45) is 5.99. The number of aliphatic carboxylic acids is 1. The predicted molar refractivity (Wildman–Crippen MR) is 91.4 cm³/mol. The van der Waals surface area contributed by atoms with E-state index in [-0.39, 0.29) is 5.91 Å². The molecule has 8 heteroatoms. The molecule has 3 heterocycles. The zero-order valence-corrected chi connectivity index (χ0v) is 13.8. The average Bonchev–Trinajstić information content (AvgIpc) is 3.20. The highest BCUT2D eigenvalue weighted by molar-refractivity contribution is 7.17. The first-order valence-corrected chi connectivity index (χ1v) is 8.38. The van der Waals surface area contributed by atoms with Crippen molar-refractivity contribution >= 4 is 39.1 Å². The van der Waals surface area contributed by atoms with Crippen molar-refractivity contribution in [2.45, 2.75) is 25.8 Å². The largest absolute Gasteiger partial charge is 0.480 e. The Balaban J connectivity index is 1.80. The van der Waals surface area contributed by atoms with E-state index in [4.69, 9.17) is 0 Å². The van der Waals surface area contributed by atoms with Crippen LogP contribution < -0.4 is 5.32 Å². The van der Waals surface area contributed by atoms with Crippen LogP contribution in [-0.2, 0) is 4.79 Å². The molecule has 0 aromatic carbocycles. The molecule has 0 radical (unpaired) electrons. The van der Waals surface area contributed by atoms with Crippen molar-refractivity contribution in [1.29, 1.82) is 0 Å². The quantitative estimate of drug-likeness (QED) is 0.716. The topological polar surface area (TPSA) is 97.1 Å². The van der Waals surface area contributed by atoms with E-state index in [9.17, 15) is 14.7 Å². The zero-order chi connectivity index (χ0) is 17.1. The van der Waals surface area contributed by atoms with Gasteiger partial charge in [0.2, 0.25) is 0 Å². The first kappa shape index (κ1) is 16.1. The van der Waals surface area contributed by atoms with Crippen LogP contribution in [0.5, 0.6) is 0 Å². The van der Waals surface area contributed by atoms with E-state index in [2.05, 4.69) is 15.4 Å². The Labute approximate surface area is 141 Å². The number of amides is 1. The Morgan fingerprint density at radius 2 is 2.21 bits per heavy atom. The first-order valence-electron chi connectivity index (χ1n) is 7.50. The van der Waals surface area contributed by atoms with Crippen LogP contribution in [0.4, 0.5) is 5.82 Å². The molecule has 0 unspecified atom stereocenters. The number of pyridine rings is 1. The second kappa shape index (κ2) is 6.79. The lowest BCUT2D eigenvalue weighted by atomic mass is 10.2. The van der Waals surface area contributed by atoms with Gasteiger partial charge in [0.05, 0.1) is 10.3 Å². The highest BCUT2D eigenvalue weighted by atomic mass is 32.1. The van der Waals surface area contributed by atoms with Crippen molar-refractivity contribution in [2.24, 2.45) is 0 Å².